The van der Waals surface area contributed by atoms with Crippen LogP contribution in [-0.4, -0.2) is 28.4 Å². The highest BCUT2D eigenvalue weighted by Gasteiger charge is 2.03. The standard InChI is InChI=1S/C10H14N4/c1-13(2)7-9-6-12-10-5-8(11)3-4-14(9)10/h3-6H,7,11H2,1-2H3. The van der Waals surface area contributed by atoms with Gasteiger partial charge in [-0.2, -0.15) is 0 Å². The molecule has 0 radical (unpaired) electrons. The molecule has 0 aromatic carbocycles. The fourth-order valence-corrected chi connectivity index (χ4v) is 1.49. The van der Waals surface area contributed by atoms with E-state index in [0.717, 1.165) is 17.9 Å². The molecule has 0 spiro atoms. The van der Waals surface area contributed by atoms with Crippen LogP contribution in [0.25, 0.3) is 5.65 Å². The fraction of sp³-hybridized carbons (Fsp3) is 0.300. The molecular formula is C10H14N4. The Balaban J connectivity index is 2.47. The molecule has 2 N–H and O–H groups in total. The minimum Gasteiger partial charge on any atom is -0.399 e. The Hall–Kier alpha value is -1.55. The summed E-state index contributed by atoms with van der Waals surface area (Å²) in [6.45, 7) is 0.880. The van der Waals surface area contributed by atoms with Crippen LogP contribution < -0.4 is 5.73 Å². The quantitative estimate of drug-likeness (QED) is 0.767. The average Bonchev–Trinajstić information content (AvgIpc) is 2.47. The number of nitrogen functional groups attached to an aromatic ring is 1. The largest absolute Gasteiger partial charge is 0.399 e. The van der Waals surface area contributed by atoms with E-state index in [-0.39, 0.29) is 0 Å². The second-order valence-corrected chi connectivity index (χ2v) is 3.68. The van der Waals surface area contributed by atoms with Gasteiger partial charge in [0.15, 0.2) is 0 Å². The number of anilines is 1. The highest BCUT2D eigenvalue weighted by atomic mass is 15.1. The second-order valence-electron chi connectivity index (χ2n) is 3.68. The Bertz CT molecular complexity index is 444. The van der Waals surface area contributed by atoms with Gasteiger partial charge in [-0.3, -0.25) is 0 Å². The average molecular weight is 190 g/mol. The highest BCUT2D eigenvalue weighted by Crippen LogP contribution is 2.11. The summed E-state index contributed by atoms with van der Waals surface area (Å²) in [4.78, 5) is 6.40. The lowest BCUT2D eigenvalue weighted by Crippen LogP contribution is -2.12. The summed E-state index contributed by atoms with van der Waals surface area (Å²) >= 11 is 0. The molecule has 0 aliphatic carbocycles. The number of hydrogen-bond acceptors (Lipinski definition) is 3. The summed E-state index contributed by atoms with van der Waals surface area (Å²) < 4.78 is 2.05. The first-order valence-electron chi connectivity index (χ1n) is 4.53. The Morgan fingerprint density at radius 1 is 1.50 bits per heavy atom. The monoisotopic (exact) mass is 190 g/mol. The van der Waals surface area contributed by atoms with Crippen molar-refractivity contribution >= 4 is 11.3 Å². The van der Waals surface area contributed by atoms with Crippen molar-refractivity contribution in [3.05, 3.63) is 30.2 Å². The summed E-state index contributed by atoms with van der Waals surface area (Å²) in [5.74, 6) is 0. The van der Waals surface area contributed by atoms with Crippen LogP contribution in [0.3, 0.4) is 0 Å². The predicted molar refractivity (Wildman–Crippen MR) is 57.0 cm³/mol. The van der Waals surface area contributed by atoms with Crippen LogP contribution in [0.4, 0.5) is 5.69 Å². The predicted octanol–water partition coefficient (Wildman–Crippen LogP) is 0.978. The van der Waals surface area contributed by atoms with Crippen molar-refractivity contribution < 1.29 is 0 Å². The third kappa shape index (κ3) is 1.56. The maximum atomic E-state index is 5.67. The van der Waals surface area contributed by atoms with Crippen molar-refractivity contribution in [1.29, 1.82) is 0 Å². The lowest BCUT2D eigenvalue weighted by molar-refractivity contribution is 0.395. The Morgan fingerprint density at radius 2 is 2.29 bits per heavy atom. The number of aromatic nitrogens is 2. The minimum absolute atomic E-state index is 0.750. The number of imidazole rings is 1. The Labute approximate surface area is 83.0 Å². The van der Waals surface area contributed by atoms with Gasteiger partial charge in [0.2, 0.25) is 0 Å². The summed E-state index contributed by atoms with van der Waals surface area (Å²) in [6, 6.07) is 3.76. The highest BCUT2D eigenvalue weighted by molar-refractivity contribution is 5.52. The van der Waals surface area contributed by atoms with E-state index in [1.807, 2.05) is 38.6 Å². The fourth-order valence-electron chi connectivity index (χ4n) is 1.49. The number of rotatable bonds is 2. The molecule has 0 fully saturated rings. The molecule has 0 unspecified atom stereocenters. The molecule has 2 rings (SSSR count). The molecular weight excluding hydrogens is 176 g/mol. The first-order valence-corrected chi connectivity index (χ1v) is 4.53. The van der Waals surface area contributed by atoms with Crippen LogP contribution in [0.2, 0.25) is 0 Å². The summed E-state index contributed by atoms with van der Waals surface area (Å²) in [7, 11) is 4.08. The first kappa shape index (κ1) is 9.02. The van der Waals surface area contributed by atoms with E-state index in [1.54, 1.807) is 0 Å². The van der Waals surface area contributed by atoms with Crippen LogP contribution in [-0.2, 0) is 6.54 Å². The van der Waals surface area contributed by atoms with Gasteiger partial charge in [-0.15, -0.1) is 0 Å². The number of fused-ring (bicyclic) bond motifs is 1. The normalized spacial score (nSPS) is 11.4. The van der Waals surface area contributed by atoms with E-state index >= 15 is 0 Å². The summed E-state index contributed by atoms with van der Waals surface area (Å²) in [5, 5.41) is 0. The number of pyridine rings is 1. The summed E-state index contributed by atoms with van der Waals surface area (Å²) in [6.07, 6.45) is 3.84. The van der Waals surface area contributed by atoms with E-state index in [4.69, 9.17) is 5.73 Å². The number of nitrogens with two attached hydrogens (primary N) is 1. The molecule has 0 atom stereocenters. The van der Waals surface area contributed by atoms with Crippen LogP contribution >= 0.6 is 0 Å². The van der Waals surface area contributed by atoms with Gasteiger partial charge in [-0.05, 0) is 20.2 Å². The molecule has 4 nitrogen and oxygen atoms in total. The maximum absolute atomic E-state index is 5.67. The van der Waals surface area contributed by atoms with E-state index in [1.165, 1.54) is 5.69 Å². The van der Waals surface area contributed by atoms with Gasteiger partial charge >= 0.3 is 0 Å². The second kappa shape index (κ2) is 3.31. The molecule has 2 heterocycles. The lowest BCUT2D eigenvalue weighted by atomic mass is 10.4. The minimum atomic E-state index is 0.750. The zero-order chi connectivity index (χ0) is 10.1. The zero-order valence-electron chi connectivity index (χ0n) is 8.44. The molecule has 0 aliphatic heterocycles. The molecule has 0 amide bonds. The van der Waals surface area contributed by atoms with Crippen molar-refractivity contribution in [1.82, 2.24) is 14.3 Å². The van der Waals surface area contributed by atoms with Gasteiger partial charge in [0.25, 0.3) is 0 Å². The van der Waals surface area contributed by atoms with E-state index in [0.29, 0.717) is 0 Å². The van der Waals surface area contributed by atoms with Crippen LogP contribution in [0.5, 0.6) is 0 Å². The van der Waals surface area contributed by atoms with Crippen molar-refractivity contribution in [3.8, 4) is 0 Å². The van der Waals surface area contributed by atoms with Crippen LogP contribution in [0.1, 0.15) is 5.69 Å². The molecule has 4 heteroatoms. The van der Waals surface area contributed by atoms with Gasteiger partial charge in [0.05, 0.1) is 11.9 Å². The SMILES string of the molecule is CN(C)Cc1cnc2cc(N)ccn12. The smallest absolute Gasteiger partial charge is 0.138 e. The molecule has 2 aromatic heterocycles. The van der Waals surface area contributed by atoms with Crippen LogP contribution in [0.15, 0.2) is 24.5 Å². The van der Waals surface area contributed by atoms with E-state index in [9.17, 15) is 0 Å². The first-order chi connectivity index (χ1) is 6.66. The molecule has 0 saturated carbocycles. The third-order valence-corrected chi connectivity index (χ3v) is 2.09. The molecule has 2 aromatic rings. The third-order valence-electron chi connectivity index (χ3n) is 2.09. The van der Waals surface area contributed by atoms with E-state index < -0.39 is 0 Å². The van der Waals surface area contributed by atoms with Crippen molar-refractivity contribution in [2.24, 2.45) is 0 Å². The van der Waals surface area contributed by atoms with Gasteiger partial charge in [-0.1, -0.05) is 0 Å². The zero-order valence-corrected chi connectivity index (χ0v) is 8.44. The maximum Gasteiger partial charge on any atom is 0.138 e. The van der Waals surface area contributed by atoms with Gasteiger partial charge in [0.1, 0.15) is 5.65 Å². The van der Waals surface area contributed by atoms with Crippen LogP contribution in [0, 0.1) is 0 Å². The van der Waals surface area contributed by atoms with Crippen molar-refractivity contribution in [3.63, 3.8) is 0 Å². The topological polar surface area (TPSA) is 46.6 Å². The number of hydrogen-bond donors (Lipinski definition) is 1. The molecule has 0 bridgehead atoms. The molecule has 14 heavy (non-hydrogen) atoms. The van der Waals surface area contributed by atoms with E-state index in [2.05, 4.69) is 14.3 Å². The lowest BCUT2D eigenvalue weighted by Gasteiger charge is -2.08. The Kier molecular flexibility index (Phi) is 2.13. The van der Waals surface area contributed by atoms with Gasteiger partial charge in [0, 0.05) is 24.5 Å². The van der Waals surface area contributed by atoms with Crippen molar-refractivity contribution in [2.45, 2.75) is 6.54 Å². The van der Waals surface area contributed by atoms with Crippen molar-refractivity contribution in [2.75, 3.05) is 19.8 Å². The molecule has 0 saturated heterocycles. The van der Waals surface area contributed by atoms with Gasteiger partial charge < -0.3 is 15.0 Å². The molecule has 74 valence electrons. The number of nitrogens with zero attached hydrogens (tertiary/aromatic N) is 3. The molecule has 0 aliphatic rings. The van der Waals surface area contributed by atoms with Gasteiger partial charge in [-0.25, -0.2) is 4.98 Å². The Morgan fingerprint density at radius 3 is 3.00 bits per heavy atom. The summed E-state index contributed by atoms with van der Waals surface area (Å²) in [5.41, 5.74) is 8.50.